The monoisotopic (exact) mass is 238 g/mol. The summed E-state index contributed by atoms with van der Waals surface area (Å²) in [7, 11) is 0. The second kappa shape index (κ2) is 8.59. The van der Waals surface area contributed by atoms with E-state index in [-0.39, 0.29) is 31.2 Å². The molecule has 1 rings (SSSR count). The van der Waals surface area contributed by atoms with Gasteiger partial charge in [0, 0.05) is 18.9 Å². The highest BCUT2D eigenvalue weighted by Gasteiger charge is 1.95. The molecule has 4 nitrogen and oxygen atoms in total. The summed E-state index contributed by atoms with van der Waals surface area (Å²) in [6.45, 7) is 0.432. The fraction of sp³-hybridized carbons (Fsp3) is 0.250. The van der Waals surface area contributed by atoms with Crippen molar-refractivity contribution in [2.45, 2.75) is 6.42 Å². The van der Waals surface area contributed by atoms with Crippen LogP contribution < -0.4 is 5.32 Å². The Morgan fingerprint density at radius 1 is 1.50 bits per heavy atom. The Labute approximate surface area is 94.6 Å². The molecule has 0 unspecified atom stereocenters. The summed E-state index contributed by atoms with van der Waals surface area (Å²) in [5.41, 5.74) is 0.846. The van der Waals surface area contributed by atoms with E-state index in [0.717, 1.165) is 5.69 Å². The van der Waals surface area contributed by atoms with Gasteiger partial charge in [0.15, 0.2) is 0 Å². The maximum absolute atomic E-state index is 10.1. The first kappa shape index (κ1) is 15.5. The molecule has 1 aromatic rings. The molecule has 0 amide bonds. The van der Waals surface area contributed by atoms with Crippen LogP contribution in [0.5, 0.6) is 0 Å². The first-order chi connectivity index (χ1) is 5.79. The lowest BCUT2D eigenvalue weighted by Crippen LogP contribution is -2.07. The van der Waals surface area contributed by atoms with Crippen molar-refractivity contribution < 1.29 is 9.90 Å². The van der Waals surface area contributed by atoms with Crippen molar-refractivity contribution in [2.75, 3.05) is 11.9 Å². The van der Waals surface area contributed by atoms with E-state index in [4.69, 9.17) is 5.11 Å². The molecule has 0 aliphatic carbocycles. The maximum atomic E-state index is 10.1. The van der Waals surface area contributed by atoms with Crippen molar-refractivity contribution in [3.8, 4) is 0 Å². The van der Waals surface area contributed by atoms with E-state index in [1.165, 1.54) is 0 Å². The number of halogens is 2. The summed E-state index contributed by atoms with van der Waals surface area (Å²) in [6.07, 6.45) is 3.44. The van der Waals surface area contributed by atoms with E-state index in [2.05, 4.69) is 10.3 Å². The van der Waals surface area contributed by atoms with Gasteiger partial charge >= 0.3 is 5.97 Å². The molecule has 2 N–H and O–H groups in total. The minimum atomic E-state index is -0.800. The minimum absolute atomic E-state index is 0. The van der Waals surface area contributed by atoms with Crippen LogP contribution in [0.4, 0.5) is 5.69 Å². The summed E-state index contributed by atoms with van der Waals surface area (Å²) in [6, 6.07) is 3.64. The van der Waals surface area contributed by atoms with Gasteiger partial charge in [0.05, 0.1) is 12.1 Å². The molecule has 0 bridgehead atoms. The fourth-order valence-electron chi connectivity index (χ4n) is 0.781. The van der Waals surface area contributed by atoms with Gasteiger partial charge < -0.3 is 10.4 Å². The third-order valence-corrected chi connectivity index (χ3v) is 1.33. The molecule has 80 valence electrons. The quantitative estimate of drug-likeness (QED) is 0.841. The number of rotatable bonds is 4. The Balaban J connectivity index is 0. The van der Waals surface area contributed by atoms with E-state index in [0.29, 0.717) is 6.54 Å². The first-order valence-corrected chi connectivity index (χ1v) is 3.65. The van der Waals surface area contributed by atoms with Crippen LogP contribution in [-0.2, 0) is 4.79 Å². The van der Waals surface area contributed by atoms with Crippen molar-refractivity contribution in [3.63, 3.8) is 0 Å². The number of nitrogens with zero attached hydrogens (tertiary/aromatic N) is 1. The van der Waals surface area contributed by atoms with E-state index in [1.54, 1.807) is 18.5 Å². The van der Waals surface area contributed by atoms with E-state index in [9.17, 15) is 4.79 Å². The molecule has 14 heavy (non-hydrogen) atoms. The Morgan fingerprint density at radius 3 is 2.71 bits per heavy atom. The van der Waals surface area contributed by atoms with Crippen LogP contribution in [0.15, 0.2) is 24.5 Å². The SMILES string of the molecule is Cl.Cl.O=C(O)CCNc1cccnc1. The molecule has 0 aliphatic rings. The number of anilines is 1. The van der Waals surface area contributed by atoms with Gasteiger partial charge in [-0.05, 0) is 12.1 Å². The van der Waals surface area contributed by atoms with Crippen LogP contribution in [-0.4, -0.2) is 22.6 Å². The molecular weight excluding hydrogens is 227 g/mol. The van der Waals surface area contributed by atoms with Gasteiger partial charge in [-0.3, -0.25) is 9.78 Å². The number of aromatic nitrogens is 1. The molecule has 0 radical (unpaired) electrons. The lowest BCUT2D eigenvalue weighted by Gasteiger charge is -2.01. The highest BCUT2D eigenvalue weighted by Crippen LogP contribution is 2.01. The molecule has 0 spiro atoms. The zero-order valence-electron chi connectivity index (χ0n) is 7.34. The molecule has 0 fully saturated rings. The Kier molecular flexibility index (Phi) is 9.49. The zero-order chi connectivity index (χ0) is 8.81. The van der Waals surface area contributed by atoms with Crippen LogP contribution in [0.1, 0.15) is 6.42 Å². The minimum Gasteiger partial charge on any atom is -0.481 e. The summed E-state index contributed by atoms with van der Waals surface area (Å²) >= 11 is 0. The van der Waals surface area contributed by atoms with E-state index in [1.807, 2.05) is 6.07 Å². The molecule has 0 saturated heterocycles. The third-order valence-electron chi connectivity index (χ3n) is 1.33. The molecule has 0 saturated carbocycles. The predicted molar refractivity (Wildman–Crippen MR) is 59.5 cm³/mol. The summed E-state index contributed by atoms with van der Waals surface area (Å²) in [4.78, 5) is 14.0. The largest absolute Gasteiger partial charge is 0.481 e. The molecule has 0 atom stereocenters. The number of carboxylic acid groups (broad SMARTS) is 1. The molecular formula is C8H12Cl2N2O2. The van der Waals surface area contributed by atoms with Gasteiger partial charge in [-0.2, -0.15) is 0 Å². The smallest absolute Gasteiger partial charge is 0.305 e. The Hall–Kier alpha value is -1.00. The summed E-state index contributed by atoms with van der Waals surface area (Å²) in [5, 5.41) is 11.3. The second-order valence-corrected chi connectivity index (χ2v) is 2.31. The van der Waals surface area contributed by atoms with Crippen LogP contribution in [0.3, 0.4) is 0 Å². The zero-order valence-corrected chi connectivity index (χ0v) is 8.98. The summed E-state index contributed by atoms with van der Waals surface area (Å²) in [5.74, 6) is -0.800. The average molecular weight is 239 g/mol. The Morgan fingerprint density at radius 2 is 2.21 bits per heavy atom. The number of hydrogen-bond acceptors (Lipinski definition) is 3. The number of pyridine rings is 1. The van der Waals surface area contributed by atoms with Crippen molar-refractivity contribution in [1.29, 1.82) is 0 Å². The number of carbonyl (C=O) groups is 1. The standard InChI is InChI=1S/C8H10N2O2.2ClH/c11-8(12)3-5-10-7-2-1-4-9-6-7;;/h1-2,4,6,10H,3,5H2,(H,11,12);2*1H. The average Bonchev–Trinajstić information content (AvgIpc) is 2.05. The maximum Gasteiger partial charge on any atom is 0.305 e. The molecule has 1 heterocycles. The van der Waals surface area contributed by atoms with Gasteiger partial charge in [-0.25, -0.2) is 0 Å². The number of hydrogen-bond donors (Lipinski definition) is 2. The fourth-order valence-corrected chi connectivity index (χ4v) is 0.781. The lowest BCUT2D eigenvalue weighted by atomic mass is 10.4. The topological polar surface area (TPSA) is 62.2 Å². The predicted octanol–water partition coefficient (Wildman–Crippen LogP) is 1.81. The molecule has 1 aromatic heterocycles. The van der Waals surface area contributed by atoms with Crippen molar-refractivity contribution in [3.05, 3.63) is 24.5 Å². The summed E-state index contributed by atoms with van der Waals surface area (Å²) < 4.78 is 0. The second-order valence-electron chi connectivity index (χ2n) is 2.31. The van der Waals surface area contributed by atoms with Gasteiger partial charge in [-0.1, -0.05) is 0 Å². The molecule has 6 heteroatoms. The van der Waals surface area contributed by atoms with E-state index < -0.39 is 5.97 Å². The van der Waals surface area contributed by atoms with Crippen LogP contribution in [0, 0.1) is 0 Å². The van der Waals surface area contributed by atoms with Gasteiger partial charge in [0.2, 0.25) is 0 Å². The van der Waals surface area contributed by atoms with Crippen LogP contribution in [0.2, 0.25) is 0 Å². The van der Waals surface area contributed by atoms with Crippen molar-refractivity contribution >= 4 is 36.5 Å². The van der Waals surface area contributed by atoms with Crippen molar-refractivity contribution in [2.24, 2.45) is 0 Å². The number of nitrogens with one attached hydrogen (secondary N) is 1. The number of carboxylic acids is 1. The van der Waals surface area contributed by atoms with Crippen molar-refractivity contribution in [1.82, 2.24) is 4.98 Å². The highest BCUT2D eigenvalue weighted by molar-refractivity contribution is 5.85. The Bertz CT molecular complexity index is 257. The van der Waals surface area contributed by atoms with Gasteiger partial charge in [-0.15, -0.1) is 24.8 Å². The number of aliphatic carboxylic acids is 1. The van der Waals surface area contributed by atoms with Gasteiger partial charge in [0.25, 0.3) is 0 Å². The molecule has 0 aromatic carbocycles. The van der Waals surface area contributed by atoms with E-state index >= 15 is 0 Å². The van der Waals surface area contributed by atoms with Crippen LogP contribution >= 0.6 is 24.8 Å². The van der Waals surface area contributed by atoms with Gasteiger partial charge in [0.1, 0.15) is 0 Å². The third kappa shape index (κ3) is 6.51. The highest BCUT2D eigenvalue weighted by atomic mass is 35.5. The lowest BCUT2D eigenvalue weighted by molar-refractivity contribution is -0.136. The molecule has 0 aliphatic heterocycles. The van der Waals surface area contributed by atoms with Crippen LogP contribution in [0.25, 0.3) is 0 Å². The normalized spacial score (nSPS) is 8.00. The first-order valence-electron chi connectivity index (χ1n) is 3.65.